The van der Waals surface area contributed by atoms with Gasteiger partial charge in [0, 0.05) is 17.0 Å². The zero-order valence-corrected chi connectivity index (χ0v) is 12.3. The fraction of sp³-hybridized carbons (Fsp3) is 0.600. The summed E-state index contributed by atoms with van der Waals surface area (Å²) >= 11 is 6.26. The van der Waals surface area contributed by atoms with E-state index >= 15 is 0 Å². The van der Waals surface area contributed by atoms with Gasteiger partial charge in [0.25, 0.3) is 0 Å². The van der Waals surface area contributed by atoms with E-state index in [1.807, 2.05) is 19.1 Å². The van der Waals surface area contributed by atoms with E-state index in [1.165, 1.54) is 0 Å². The number of rotatable bonds is 6. The quantitative estimate of drug-likeness (QED) is 0.833. The Kier molecular flexibility index (Phi) is 5.64. The molecule has 0 spiro atoms. The fourth-order valence-electron chi connectivity index (χ4n) is 2.48. The summed E-state index contributed by atoms with van der Waals surface area (Å²) in [7, 11) is 0. The molecule has 0 heterocycles. The minimum Gasteiger partial charge on any atom is -0.396 e. The van der Waals surface area contributed by atoms with Crippen LogP contribution in [0.5, 0.6) is 0 Å². The van der Waals surface area contributed by atoms with Crippen LogP contribution in [-0.2, 0) is 6.42 Å². The summed E-state index contributed by atoms with van der Waals surface area (Å²) in [6, 6.07) is 6.05. The lowest BCUT2D eigenvalue weighted by Crippen LogP contribution is -2.37. The van der Waals surface area contributed by atoms with Crippen LogP contribution in [0.2, 0.25) is 5.02 Å². The van der Waals surface area contributed by atoms with Crippen molar-refractivity contribution in [1.29, 1.82) is 0 Å². The number of hydrogen-bond donors (Lipinski definition) is 2. The molecule has 1 rings (SSSR count). The molecule has 1 unspecified atom stereocenters. The van der Waals surface area contributed by atoms with Crippen LogP contribution >= 0.6 is 11.6 Å². The molecule has 1 atom stereocenters. The van der Waals surface area contributed by atoms with Crippen molar-refractivity contribution < 1.29 is 5.11 Å². The molecular formula is C15H24ClNO. The summed E-state index contributed by atoms with van der Waals surface area (Å²) in [5.74, 6) is 0.505. The van der Waals surface area contributed by atoms with E-state index in [-0.39, 0.29) is 12.0 Å². The highest BCUT2D eigenvalue weighted by molar-refractivity contribution is 6.31. The molecule has 18 heavy (non-hydrogen) atoms. The average Bonchev–Trinajstić information content (AvgIpc) is 2.31. The lowest BCUT2D eigenvalue weighted by Gasteiger charge is -2.32. The van der Waals surface area contributed by atoms with Crippen molar-refractivity contribution in [2.45, 2.75) is 33.6 Å². The zero-order valence-electron chi connectivity index (χ0n) is 11.5. The first-order valence-electron chi connectivity index (χ1n) is 6.48. The Morgan fingerprint density at radius 2 is 2.06 bits per heavy atom. The Morgan fingerprint density at radius 3 is 2.50 bits per heavy atom. The molecule has 0 aliphatic carbocycles. The van der Waals surface area contributed by atoms with Gasteiger partial charge in [0.2, 0.25) is 0 Å². The van der Waals surface area contributed by atoms with Crippen molar-refractivity contribution >= 4 is 11.6 Å². The number of hydrogen-bond acceptors (Lipinski definition) is 2. The van der Waals surface area contributed by atoms with Gasteiger partial charge in [-0.3, -0.25) is 0 Å². The van der Waals surface area contributed by atoms with Crippen LogP contribution in [0.15, 0.2) is 18.2 Å². The van der Waals surface area contributed by atoms with Crippen molar-refractivity contribution in [1.82, 2.24) is 0 Å². The number of nitrogens with two attached hydrogens (primary N) is 1. The summed E-state index contributed by atoms with van der Waals surface area (Å²) in [6.45, 7) is 6.90. The van der Waals surface area contributed by atoms with Gasteiger partial charge in [-0.05, 0) is 42.9 Å². The van der Waals surface area contributed by atoms with Gasteiger partial charge in [0.15, 0.2) is 0 Å². The van der Waals surface area contributed by atoms with Gasteiger partial charge in [-0.25, -0.2) is 0 Å². The Morgan fingerprint density at radius 1 is 1.39 bits per heavy atom. The number of benzene rings is 1. The van der Waals surface area contributed by atoms with Gasteiger partial charge < -0.3 is 10.8 Å². The molecule has 0 aromatic heterocycles. The molecule has 2 nitrogen and oxygen atoms in total. The third kappa shape index (κ3) is 3.98. The molecule has 0 aliphatic heterocycles. The zero-order chi connectivity index (χ0) is 13.8. The van der Waals surface area contributed by atoms with Crippen LogP contribution in [0.25, 0.3) is 0 Å². The molecule has 0 aliphatic rings. The topological polar surface area (TPSA) is 46.2 Å². The molecule has 0 fully saturated rings. The number of halogens is 1. The van der Waals surface area contributed by atoms with Crippen LogP contribution in [0.4, 0.5) is 0 Å². The average molecular weight is 270 g/mol. The smallest absolute Gasteiger partial charge is 0.0502 e. The van der Waals surface area contributed by atoms with Gasteiger partial charge in [0.1, 0.15) is 0 Å². The van der Waals surface area contributed by atoms with E-state index in [9.17, 15) is 5.11 Å². The van der Waals surface area contributed by atoms with Gasteiger partial charge in [-0.15, -0.1) is 0 Å². The summed E-state index contributed by atoms with van der Waals surface area (Å²) in [6.07, 6.45) is 1.64. The van der Waals surface area contributed by atoms with Crippen LogP contribution in [-0.4, -0.2) is 18.3 Å². The summed E-state index contributed by atoms with van der Waals surface area (Å²) in [4.78, 5) is 0. The molecule has 0 radical (unpaired) electrons. The first-order valence-corrected chi connectivity index (χ1v) is 6.86. The van der Waals surface area contributed by atoms with E-state index in [0.29, 0.717) is 12.5 Å². The van der Waals surface area contributed by atoms with Crippen molar-refractivity contribution in [2.75, 3.05) is 13.2 Å². The predicted molar refractivity (Wildman–Crippen MR) is 77.9 cm³/mol. The Bertz CT molecular complexity index is 386. The van der Waals surface area contributed by atoms with Crippen LogP contribution in [0, 0.1) is 18.3 Å². The maximum Gasteiger partial charge on any atom is 0.0502 e. The molecule has 0 saturated carbocycles. The molecule has 1 aromatic carbocycles. The van der Waals surface area contributed by atoms with Gasteiger partial charge in [-0.1, -0.05) is 37.6 Å². The Balaban J connectivity index is 2.95. The second-order valence-corrected chi connectivity index (χ2v) is 6.14. The minimum absolute atomic E-state index is 0.103. The van der Waals surface area contributed by atoms with E-state index in [0.717, 1.165) is 29.0 Å². The van der Waals surface area contributed by atoms with Gasteiger partial charge in [0.05, 0.1) is 6.61 Å². The molecule has 0 amide bonds. The van der Waals surface area contributed by atoms with E-state index < -0.39 is 0 Å². The summed E-state index contributed by atoms with van der Waals surface area (Å²) in [5.41, 5.74) is 7.85. The highest BCUT2D eigenvalue weighted by atomic mass is 35.5. The highest BCUT2D eigenvalue weighted by Crippen LogP contribution is 2.32. The van der Waals surface area contributed by atoms with Gasteiger partial charge in [-0.2, -0.15) is 0 Å². The SMILES string of the molecule is Cc1ccc(CC(CN)(CO)CC(C)C)c(Cl)c1. The van der Waals surface area contributed by atoms with Crippen LogP contribution < -0.4 is 5.73 Å². The summed E-state index contributed by atoms with van der Waals surface area (Å²) < 4.78 is 0. The van der Waals surface area contributed by atoms with Crippen LogP contribution in [0.1, 0.15) is 31.4 Å². The standard InChI is InChI=1S/C15H24ClNO/c1-11(2)7-15(9-17,10-18)8-13-5-4-12(3)6-14(13)16/h4-6,11,18H,7-10,17H2,1-3H3. The van der Waals surface area contributed by atoms with Gasteiger partial charge >= 0.3 is 0 Å². The molecule has 1 aromatic rings. The minimum atomic E-state index is -0.257. The third-order valence-electron chi connectivity index (χ3n) is 3.38. The van der Waals surface area contributed by atoms with Crippen molar-refractivity contribution in [3.8, 4) is 0 Å². The molecule has 3 heteroatoms. The first-order chi connectivity index (χ1) is 8.42. The summed E-state index contributed by atoms with van der Waals surface area (Å²) in [5, 5.41) is 10.5. The van der Waals surface area contributed by atoms with Crippen molar-refractivity contribution in [3.63, 3.8) is 0 Å². The third-order valence-corrected chi connectivity index (χ3v) is 3.74. The van der Waals surface area contributed by atoms with Crippen LogP contribution in [0.3, 0.4) is 0 Å². The second kappa shape index (κ2) is 6.55. The number of aliphatic hydroxyl groups excluding tert-OH is 1. The Labute approximate surface area is 115 Å². The van der Waals surface area contributed by atoms with E-state index in [2.05, 4.69) is 19.9 Å². The predicted octanol–water partition coefficient (Wildman–Crippen LogP) is 3.17. The lowest BCUT2D eigenvalue weighted by molar-refractivity contribution is 0.108. The largest absolute Gasteiger partial charge is 0.396 e. The highest BCUT2D eigenvalue weighted by Gasteiger charge is 2.29. The Hall–Kier alpha value is -0.570. The molecule has 3 N–H and O–H groups in total. The maximum absolute atomic E-state index is 9.71. The lowest BCUT2D eigenvalue weighted by atomic mass is 9.76. The molecule has 0 saturated heterocycles. The molecule has 102 valence electrons. The van der Waals surface area contributed by atoms with Crippen molar-refractivity contribution in [3.05, 3.63) is 34.3 Å². The number of aryl methyl sites for hydroxylation is 1. The first kappa shape index (κ1) is 15.5. The fourth-order valence-corrected chi connectivity index (χ4v) is 2.78. The normalized spacial score (nSPS) is 14.8. The van der Waals surface area contributed by atoms with Crippen molar-refractivity contribution in [2.24, 2.45) is 17.1 Å². The van der Waals surface area contributed by atoms with E-state index in [4.69, 9.17) is 17.3 Å². The molecular weight excluding hydrogens is 246 g/mol. The van der Waals surface area contributed by atoms with E-state index in [1.54, 1.807) is 0 Å². The number of aliphatic hydroxyl groups is 1. The maximum atomic E-state index is 9.71. The second-order valence-electron chi connectivity index (χ2n) is 5.73. The monoisotopic (exact) mass is 269 g/mol. The molecule has 0 bridgehead atoms.